The van der Waals surface area contributed by atoms with Gasteiger partial charge in [0.15, 0.2) is 0 Å². The predicted molar refractivity (Wildman–Crippen MR) is 63.6 cm³/mol. The van der Waals surface area contributed by atoms with Gasteiger partial charge >= 0.3 is 0 Å². The second-order valence-corrected chi connectivity index (χ2v) is 6.06. The minimum absolute atomic E-state index is 0.242. The monoisotopic (exact) mass is 261 g/mol. The molecular weight excluding hydrogens is 250 g/mol. The lowest BCUT2D eigenvalue weighted by Crippen LogP contribution is -2.17. The Balaban J connectivity index is 2.21. The molecule has 2 rings (SSSR count). The molecule has 0 bridgehead atoms. The Morgan fingerprint density at radius 2 is 2.12 bits per heavy atom. The summed E-state index contributed by atoms with van der Waals surface area (Å²) in [4.78, 5) is 0. The summed E-state index contributed by atoms with van der Waals surface area (Å²) in [6, 6.07) is 4.79. The Hall–Kier alpha value is -0.940. The molecule has 88 valence electrons. The highest BCUT2D eigenvalue weighted by Gasteiger charge is 2.35. The molecule has 0 heterocycles. The van der Waals surface area contributed by atoms with Gasteiger partial charge in [0.25, 0.3) is 0 Å². The van der Waals surface area contributed by atoms with E-state index in [1.165, 1.54) is 7.11 Å². The molecule has 0 saturated heterocycles. The van der Waals surface area contributed by atoms with Gasteiger partial charge < -0.3 is 4.74 Å². The van der Waals surface area contributed by atoms with E-state index in [2.05, 4.69) is 4.72 Å². The molecule has 1 aliphatic rings. The third-order valence-corrected chi connectivity index (χ3v) is 4.56. The summed E-state index contributed by atoms with van der Waals surface area (Å²) in [7, 11) is -1.74. The van der Waals surface area contributed by atoms with Crippen molar-refractivity contribution in [2.24, 2.45) is 0 Å². The molecule has 1 N–H and O–H groups in total. The highest BCUT2D eigenvalue weighted by molar-refractivity contribution is 7.93. The number of nitrogens with one attached hydrogen (secondary N) is 1. The number of ether oxygens (including phenoxy) is 1. The molecule has 1 fully saturated rings. The number of hydrogen-bond acceptors (Lipinski definition) is 3. The van der Waals surface area contributed by atoms with Gasteiger partial charge in [0, 0.05) is 6.07 Å². The number of methoxy groups -OCH3 is 1. The van der Waals surface area contributed by atoms with Crippen LogP contribution < -0.4 is 9.46 Å². The normalized spacial score (nSPS) is 15.9. The lowest BCUT2D eigenvalue weighted by molar-refractivity contribution is 0.415. The summed E-state index contributed by atoms with van der Waals surface area (Å²) in [5.74, 6) is 0.456. The van der Waals surface area contributed by atoms with Crippen LogP contribution in [0.5, 0.6) is 5.75 Å². The maximum Gasteiger partial charge on any atom is 0.235 e. The largest absolute Gasteiger partial charge is 0.495 e. The topological polar surface area (TPSA) is 55.4 Å². The van der Waals surface area contributed by atoms with Gasteiger partial charge in [-0.25, -0.2) is 8.42 Å². The Morgan fingerprint density at radius 3 is 2.69 bits per heavy atom. The molecule has 1 aliphatic carbocycles. The van der Waals surface area contributed by atoms with Crippen molar-refractivity contribution in [2.45, 2.75) is 18.1 Å². The van der Waals surface area contributed by atoms with Crippen LogP contribution in [0.15, 0.2) is 18.2 Å². The molecule has 1 aromatic carbocycles. The van der Waals surface area contributed by atoms with Crippen LogP contribution >= 0.6 is 11.6 Å². The van der Waals surface area contributed by atoms with Crippen LogP contribution in [0.4, 0.5) is 5.69 Å². The van der Waals surface area contributed by atoms with Gasteiger partial charge in [0.1, 0.15) is 5.75 Å². The zero-order chi connectivity index (χ0) is 11.8. The zero-order valence-corrected chi connectivity index (χ0v) is 10.3. The average Bonchev–Trinajstić information content (AvgIpc) is 3.04. The minimum Gasteiger partial charge on any atom is -0.495 e. The van der Waals surface area contributed by atoms with E-state index in [9.17, 15) is 8.42 Å². The van der Waals surface area contributed by atoms with E-state index >= 15 is 0 Å². The molecule has 1 saturated carbocycles. The van der Waals surface area contributed by atoms with Crippen molar-refractivity contribution >= 4 is 27.3 Å². The van der Waals surface area contributed by atoms with Crippen LogP contribution in [-0.2, 0) is 10.0 Å². The highest BCUT2D eigenvalue weighted by atomic mass is 35.5. The zero-order valence-electron chi connectivity index (χ0n) is 8.73. The van der Waals surface area contributed by atoms with Gasteiger partial charge in [-0.2, -0.15) is 0 Å². The predicted octanol–water partition coefficient (Wildman–Crippen LogP) is 2.25. The van der Waals surface area contributed by atoms with Crippen molar-refractivity contribution in [1.29, 1.82) is 0 Å². The Bertz CT molecular complexity index is 497. The Kier molecular flexibility index (Phi) is 2.99. The number of sulfonamides is 1. The van der Waals surface area contributed by atoms with Crippen molar-refractivity contribution in [3.05, 3.63) is 23.2 Å². The lowest BCUT2D eigenvalue weighted by atomic mass is 10.3. The van der Waals surface area contributed by atoms with Gasteiger partial charge in [-0.3, -0.25) is 4.72 Å². The van der Waals surface area contributed by atoms with E-state index in [1.54, 1.807) is 18.2 Å². The number of benzene rings is 1. The van der Waals surface area contributed by atoms with Crippen LogP contribution in [0.2, 0.25) is 5.02 Å². The quantitative estimate of drug-likeness (QED) is 0.904. The van der Waals surface area contributed by atoms with Crippen LogP contribution in [0.3, 0.4) is 0 Å². The second-order valence-electron chi connectivity index (χ2n) is 3.70. The standard InChI is InChI=1S/C10H12ClNO3S/c1-15-10-6-7(2-5-9(10)11)12-16(13,14)8-3-4-8/h2,5-6,8,12H,3-4H2,1H3. The SMILES string of the molecule is COc1cc(NS(=O)(=O)C2CC2)ccc1Cl. The van der Waals surface area contributed by atoms with Crippen LogP contribution in [-0.4, -0.2) is 20.8 Å². The maximum atomic E-state index is 11.7. The van der Waals surface area contributed by atoms with Gasteiger partial charge in [0.2, 0.25) is 10.0 Å². The summed E-state index contributed by atoms with van der Waals surface area (Å²) in [5, 5.41) is 0.214. The Labute approximate surface area is 99.6 Å². The number of hydrogen-bond donors (Lipinski definition) is 1. The van der Waals surface area contributed by atoms with E-state index in [0.29, 0.717) is 16.5 Å². The van der Waals surface area contributed by atoms with Gasteiger partial charge in [-0.1, -0.05) is 11.6 Å². The molecule has 16 heavy (non-hydrogen) atoms. The first-order chi connectivity index (χ1) is 7.53. The van der Waals surface area contributed by atoms with Crippen molar-refractivity contribution in [3.63, 3.8) is 0 Å². The van der Waals surface area contributed by atoms with Crippen molar-refractivity contribution in [2.75, 3.05) is 11.8 Å². The summed E-state index contributed by atoms with van der Waals surface area (Å²) in [6.45, 7) is 0. The van der Waals surface area contributed by atoms with Crippen LogP contribution in [0.25, 0.3) is 0 Å². The third-order valence-electron chi connectivity index (χ3n) is 2.37. The summed E-state index contributed by atoms with van der Waals surface area (Å²) < 4.78 is 30.8. The van der Waals surface area contributed by atoms with Crippen molar-refractivity contribution < 1.29 is 13.2 Å². The first-order valence-corrected chi connectivity index (χ1v) is 6.80. The average molecular weight is 262 g/mol. The highest BCUT2D eigenvalue weighted by Crippen LogP contribution is 2.32. The van der Waals surface area contributed by atoms with Gasteiger partial charge in [0.05, 0.1) is 23.1 Å². The van der Waals surface area contributed by atoms with Gasteiger partial charge in [-0.15, -0.1) is 0 Å². The molecule has 1 aromatic rings. The van der Waals surface area contributed by atoms with E-state index in [-0.39, 0.29) is 5.25 Å². The van der Waals surface area contributed by atoms with E-state index in [1.807, 2.05) is 0 Å². The van der Waals surface area contributed by atoms with Crippen molar-refractivity contribution in [3.8, 4) is 5.75 Å². The molecule has 0 amide bonds. The molecule has 0 spiro atoms. The molecule has 0 aromatic heterocycles. The fourth-order valence-electron chi connectivity index (χ4n) is 1.35. The first kappa shape index (κ1) is 11.5. The first-order valence-electron chi connectivity index (χ1n) is 4.88. The van der Waals surface area contributed by atoms with Gasteiger partial charge in [-0.05, 0) is 25.0 Å². The molecule has 0 unspecified atom stereocenters. The van der Waals surface area contributed by atoms with Crippen LogP contribution in [0.1, 0.15) is 12.8 Å². The molecule has 0 aliphatic heterocycles. The molecular formula is C10H12ClNO3S. The second kappa shape index (κ2) is 4.14. The maximum absolute atomic E-state index is 11.7. The molecule has 0 atom stereocenters. The molecule has 0 radical (unpaired) electrons. The number of halogens is 1. The van der Waals surface area contributed by atoms with E-state index < -0.39 is 10.0 Å². The summed E-state index contributed by atoms with van der Waals surface area (Å²) in [6.07, 6.45) is 1.47. The minimum atomic E-state index is -3.23. The van der Waals surface area contributed by atoms with Crippen molar-refractivity contribution in [1.82, 2.24) is 0 Å². The van der Waals surface area contributed by atoms with E-state index in [0.717, 1.165) is 12.8 Å². The fourth-order valence-corrected chi connectivity index (χ4v) is 2.92. The van der Waals surface area contributed by atoms with E-state index in [4.69, 9.17) is 16.3 Å². The van der Waals surface area contributed by atoms with Crippen LogP contribution in [0, 0.1) is 0 Å². The number of rotatable bonds is 4. The molecule has 4 nitrogen and oxygen atoms in total. The molecule has 6 heteroatoms. The summed E-state index contributed by atoms with van der Waals surface area (Å²) >= 11 is 5.84. The smallest absolute Gasteiger partial charge is 0.235 e. The Morgan fingerprint density at radius 1 is 1.44 bits per heavy atom. The number of anilines is 1. The summed E-state index contributed by atoms with van der Waals surface area (Å²) in [5.41, 5.74) is 0.480. The third kappa shape index (κ3) is 2.41. The lowest BCUT2D eigenvalue weighted by Gasteiger charge is -2.09. The fraction of sp³-hybridized carbons (Fsp3) is 0.400.